The van der Waals surface area contributed by atoms with Crippen molar-refractivity contribution >= 4 is 22.8 Å². The van der Waals surface area contributed by atoms with E-state index in [2.05, 4.69) is 43.0 Å². The summed E-state index contributed by atoms with van der Waals surface area (Å²) in [6, 6.07) is 0.174. The molecule has 1 aliphatic rings. The van der Waals surface area contributed by atoms with Crippen LogP contribution in [0.15, 0.2) is 6.20 Å². The Kier molecular flexibility index (Phi) is 3.74. The van der Waals surface area contributed by atoms with Crippen LogP contribution in [0.2, 0.25) is 0 Å². The summed E-state index contributed by atoms with van der Waals surface area (Å²) in [7, 11) is 1.89. The molecule has 23 heavy (non-hydrogen) atoms. The number of carbonyl (C=O) groups excluding carboxylic acids is 1. The SMILES string of the molecule is C[C@@H]1CNC(=O)CCN1c1nc(C(C)(C)C)nc2c1cnn2C. The normalized spacial score (nSPS) is 19.8. The van der Waals surface area contributed by atoms with Gasteiger partial charge in [-0.3, -0.25) is 9.48 Å². The van der Waals surface area contributed by atoms with Crippen molar-refractivity contribution in [3.63, 3.8) is 0 Å². The van der Waals surface area contributed by atoms with Gasteiger partial charge in [0.2, 0.25) is 5.91 Å². The minimum absolute atomic E-state index is 0.0897. The minimum atomic E-state index is -0.156. The Morgan fingerprint density at radius 3 is 2.74 bits per heavy atom. The monoisotopic (exact) mass is 316 g/mol. The van der Waals surface area contributed by atoms with E-state index in [-0.39, 0.29) is 17.4 Å². The second kappa shape index (κ2) is 5.47. The lowest BCUT2D eigenvalue weighted by Crippen LogP contribution is -2.38. The van der Waals surface area contributed by atoms with Crippen LogP contribution in [0.5, 0.6) is 0 Å². The number of hydrogen-bond donors (Lipinski definition) is 1. The molecular weight excluding hydrogens is 292 g/mol. The van der Waals surface area contributed by atoms with Gasteiger partial charge in [-0.15, -0.1) is 0 Å². The zero-order valence-corrected chi connectivity index (χ0v) is 14.4. The number of nitrogens with one attached hydrogen (secondary N) is 1. The number of rotatable bonds is 1. The Balaban J connectivity index is 2.17. The number of nitrogens with zero attached hydrogens (tertiary/aromatic N) is 5. The largest absolute Gasteiger partial charge is 0.354 e. The van der Waals surface area contributed by atoms with Gasteiger partial charge in [0.05, 0.1) is 11.6 Å². The smallest absolute Gasteiger partial charge is 0.221 e. The van der Waals surface area contributed by atoms with Gasteiger partial charge in [0.25, 0.3) is 0 Å². The lowest BCUT2D eigenvalue weighted by Gasteiger charge is -2.29. The number of amides is 1. The molecule has 3 heterocycles. The Labute approximate surface area is 136 Å². The van der Waals surface area contributed by atoms with Crippen LogP contribution < -0.4 is 10.2 Å². The number of carbonyl (C=O) groups is 1. The first-order valence-electron chi connectivity index (χ1n) is 8.01. The van der Waals surface area contributed by atoms with E-state index in [0.717, 1.165) is 22.7 Å². The zero-order valence-electron chi connectivity index (χ0n) is 14.4. The Morgan fingerprint density at radius 1 is 1.30 bits per heavy atom. The molecule has 0 saturated carbocycles. The molecule has 1 atom stereocenters. The van der Waals surface area contributed by atoms with Crippen LogP contribution in [0.1, 0.15) is 39.9 Å². The summed E-state index contributed by atoms with van der Waals surface area (Å²) in [4.78, 5) is 23.5. The maximum Gasteiger partial charge on any atom is 0.221 e. The van der Waals surface area contributed by atoms with Gasteiger partial charge in [-0.2, -0.15) is 5.10 Å². The fraction of sp³-hybridized carbons (Fsp3) is 0.625. The molecule has 1 saturated heterocycles. The van der Waals surface area contributed by atoms with E-state index in [1.165, 1.54) is 0 Å². The Morgan fingerprint density at radius 2 is 2.04 bits per heavy atom. The van der Waals surface area contributed by atoms with Gasteiger partial charge in [-0.25, -0.2) is 9.97 Å². The maximum atomic E-state index is 11.7. The highest BCUT2D eigenvalue weighted by atomic mass is 16.1. The van der Waals surface area contributed by atoms with Gasteiger partial charge >= 0.3 is 0 Å². The van der Waals surface area contributed by atoms with E-state index in [9.17, 15) is 4.79 Å². The summed E-state index contributed by atoms with van der Waals surface area (Å²) in [5.74, 6) is 1.75. The van der Waals surface area contributed by atoms with Crippen molar-refractivity contribution in [1.82, 2.24) is 25.1 Å². The third kappa shape index (κ3) is 2.87. The van der Waals surface area contributed by atoms with Crippen molar-refractivity contribution < 1.29 is 4.79 Å². The van der Waals surface area contributed by atoms with Crippen LogP contribution in [0.25, 0.3) is 11.0 Å². The van der Waals surface area contributed by atoms with E-state index < -0.39 is 0 Å². The number of hydrogen-bond acceptors (Lipinski definition) is 5. The second-order valence-corrected chi connectivity index (χ2v) is 7.22. The fourth-order valence-corrected chi connectivity index (χ4v) is 2.78. The topological polar surface area (TPSA) is 75.9 Å². The van der Waals surface area contributed by atoms with Crippen LogP contribution in [0.4, 0.5) is 5.82 Å². The molecule has 0 spiro atoms. The third-order valence-corrected chi connectivity index (χ3v) is 4.22. The van der Waals surface area contributed by atoms with E-state index in [4.69, 9.17) is 9.97 Å². The van der Waals surface area contributed by atoms with Gasteiger partial charge in [-0.1, -0.05) is 20.8 Å². The average Bonchev–Trinajstić information content (AvgIpc) is 2.77. The van der Waals surface area contributed by atoms with Crippen molar-refractivity contribution in [1.29, 1.82) is 0 Å². The van der Waals surface area contributed by atoms with Gasteiger partial charge in [0.1, 0.15) is 11.6 Å². The van der Waals surface area contributed by atoms with Crippen molar-refractivity contribution in [3.8, 4) is 0 Å². The fourth-order valence-electron chi connectivity index (χ4n) is 2.78. The molecule has 1 amide bonds. The predicted octanol–water partition coefficient (Wildman–Crippen LogP) is 1.38. The van der Waals surface area contributed by atoms with E-state index in [0.29, 0.717) is 19.5 Å². The summed E-state index contributed by atoms with van der Waals surface area (Å²) < 4.78 is 1.78. The first-order valence-corrected chi connectivity index (χ1v) is 8.01. The van der Waals surface area contributed by atoms with Gasteiger partial charge < -0.3 is 10.2 Å². The van der Waals surface area contributed by atoms with Gasteiger partial charge in [-0.05, 0) is 6.92 Å². The van der Waals surface area contributed by atoms with Crippen LogP contribution in [-0.4, -0.2) is 44.8 Å². The molecule has 7 nitrogen and oxygen atoms in total. The molecule has 0 radical (unpaired) electrons. The van der Waals surface area contributed by atoms with Crippen molar-refractivity contribution in [2.24, 2.45) is 7.05 Å². The summed E-state index contributed by atoms with van der Waals surface area (Å²) in [6.45, 7) is 9.68. The summed E-state index contributed by atoms with van der Waals surface area (Å²) in [5.41, 5.74) is 0.673. The summed E-state index contributed by atoms with van der Waals surface area (Å²) >= 11 is 0. The molecule has 124 valence electrons. The number of aromatic nitrogens is 4. The molecule has 2 aromatic heterocycles. The molecule has 0 unspecified atom stereocenters. The zero-order chi connectivity index (χ0) is 16.8. The molecule has 1 aliphatic heterocycles. The lowest BCUT2D eigenvalue weighted by atomic mass is 9.95. The lowest BCUT2D eigenvalue weighted by molar-refractivity contribution is -0.120. The van der Waals surface area contributed by atoms with Crippen molar-refractivity contribution in [3.05, 3.63) is 12.0 Å². The summed E-state index contributed by atoms with van der Waals surface area (Å²) in [5, 5.41) is 8.22. The first-order chi connectivity index (χ1) is 10.8. The Bertz CT molecular complexity index is 745. The molecule has 0 aromatic carbocycles. The molecule has 1 fully saturated rings. The molecule has 1 N–H and O–H groups in total. The predicted molar refractivity (Wildman–Crippen MR) is 89.4 cm³/mol. The quantitative estimate of drug-likeness (QED) is 0.860. The van der Waals surface area contributed by atoms with E-state index in [1.54, 1.807) is 4.68 Å². The highest BCUT2D eigenvalue weighted by molar-refractivity contribution is 5.88. The van der Waals surface area contributed by atoms with E-state index >= 15 is 0 Å². The Hall–Kier alpha value is -2.18. The number of fused-ring (bicyclic) bond motifs is 1. The maximum absolute atomic E-state index is 11.7. The van der Waals surface area contributed by atoms with Crippen LogP contribution in [0.3, 0.4) is 0 Å². The van der Waals surface area contributed by atoms with Crippen LogP contribution in [-0.2, 0) is 17.3 Å². The minimum Gasteiger partial charge on any atom is -0.354 e. The molecule has 7 heteroatoms. The van der Waals surface area contributed by atoms with Gasteiger partial charge in [0.15, 0.2) is 5.65 Å². The highest BCUT2D eigenvalue weighted by Crippen LogP contribution is 2.29. The number of anilines is 1. The first kappa shape index (κ1) is 15.7. The summed E-state index contributed by atoms with van der Waals surface area (Å²) in [6.07, 6.45) is 2.28. The average molecular weight is 316 g/mol. The molecule has 3 rings (SSSR count). The molecule has 2 aromatic rings. The standard InChI is InChI=1S/C16H24N6O/c1-10-8-17-12(23)6-7-22(10)14-11-9-18-21(5)13(11)19-15(20-14)16(2,3)4/h9-10H,6-8H2,1-5H3,(H,17,23)/t10-/m1/s1. The molecule has 0 aliphatic carbocycles. The van der Waals surface area contributed by atoms with E-state index in [1.807, 2.05) is 13.2 Å². The van der Waals surface area contributed by atoms with Crippen molar-refractivity contribution in [2.45, 2.75) is 45.6 Å². The number of aryl methyl sites for hydroxylation is 1. The van der Waals surface area contributed by atoms with Crippen molar-refractivity contribution in [2.75, 3.05) is 18.0 Å². The van der Waals surface area contributed by atoms with Crippen LogP contribution in [0, 0.1) is 0 Å². The second-order valence-electron chi connectivity index (χ2n) is 7.22. The highest BCUT2D eigenvalue weighted by Gasteiger charge is 2.27. The molecule has 0 bridgehead atoms. The third-order valence-electron chi connectivity index (χ3n) is 4.22. The van der Waals surface area contributed by atoms with Crippen LogP contribution >= 0.6 is 0 Å². The molecular formula is C16H24N6O. The van der Waals surface area contributed by atoms with Gasteiger partial charge in [0, 0.05) is 38.0 Å².